The van der Waals surface area contributed by atoms with Crippen LogP contribution in [0.2, 0.25) is 0 Å². The number of hydrogen-bond donors (Lipinski definition) is 1. The topological polar surface area (TPSA) is 43.1 Å². The van der Waals surface area contributed by atoms with Gasteiger partial charge in [0.2, 0.25) is 0 Å². The van der Waals surface area contributed by atoms with Crippen molar-refractivity contribution in [2.24, 2.45) is 0 Å². The molecule has 2 N–H and O–H groups in total. The highest BCUT2D eigenvalue weighted by atomic mass is 32.2. The molecule has 1 aromatic carbocycles. The molecule has 0 bridgehead atoms. The van der Waals surface area contributed by atoms with Gasteiger partial charge in [-0.2, -0.15) is 0 Å². The summed E-state index contributed by atoms with van der Waals surface area (Å²) in [5, 5.41) is 0. The van der Waals surface area contributed by atoms with Crippen LogP contribution in [0.4, 0.5) is 10.1 Å². The minimum Gasteiger partial charge on any atom is -0.396 e. The quantitative estimate of drug-likeness (QED) is 0.756. The number of anilines is 1. The van der Waals surface area contributed by atoms with Crippen molar-refractivity contribution in [2.75, 3.05) is 11.5 Å². The molecular formula is C9H12FNOS. The lowest BCUT2D eigenvalue weighted by Crippen LogP contribution is -1.99. The first-order chi connectivity index (χ1) is 6.13. The first kappa shape index (κ1) is 10.2. The minimum atomic E-state index is -0.900. The third-order valence-corrected chi connectivity index (χ3v) is 3.01. The number of halogens is 1. The summed E-state index contributed by atoms with van der Waals surface area (Å²) in [4.78, 5) is 0. The lowest BCUT2D eigenvalue weighted by Gasteiger charge is -2.01. The molecular weight excluding hydrogens is 189 g/mol. The summed E-state index contributed by atoms with van der Waals surface area (Å²) in [6.45, 7) is 1.84. The normalized spacial score (nSPS) is 12.8. The third-order valence-electron chi connectivity index (χ3n) is 1.71. The smallest absolute Gasteiger partial charge is 0.146 e. The summed E-state index contributed by atoms with van der Waals surface area (Å²) in [6, 6.07) is 4.53. The molecule has 1 unspecified atom stereocenters. The Morgan fingerprint density at radius 1 is 1.54 bits per heavy atom. The van der Waals surface area contributed by atoms with Crippen LogP contribution in [0.25, 0.3) is 0 Å². The van der Waals surface area contributed by atoms with Gasteiger partial charge in [-0.05, 0) is 17.7 Å². The van der Waals surface area contributed by atoms with E-state index in [9.17, 15) is 8.60 Å². The summed E-state index contributed by atoms with van der Waals surface area (Å²) in [5.74, 6) is 0.547. The molecule has 1 rings (SSSR count). The van der Waals surface area contributed by atoms with Crippen molar-refractivity contribution in [2.45, 2.75) is 12.7 Å². The zero-order valence-electron chi connectivity index (χ0n) is 7.42. The van der Waals surface area contributed by atoms with Crippen molar-refractivity contribution >= 4 is 16.5 Å². The van der Waals surface area contributed by atoms with E-state index in [4.69, 9.17) is 5.73 Å². The summed E-state index contributed by atoms with van der Waals surface area (Å²) < 4.78 is 24.0. The Hall–Kier alpha value is -0.900. The fraction of sp³-hybridized carbons (Fsp3) is 0.333. The van der Waals surface area contributed by atoms with Gasteiger partial charge >= 0.3 is 0 Å². The molecule has 0 aromatic heterocycles. The highest BCUT2D eigenvalue weighted by Crippen LogP contribution is 2.13. The molecule has 0 amide bonds. The molecule has 72 valence electrons. The minimum absolute atomic E-state index is 0.131. The van der Waals surface area contributed by atoms with E-state index in [1.54, 1.807) is 6.07 Å². The van der Waals surface area contributed by atoms with Crippen molar-refractivity contribution in [1.29, 1.82) is 0 Å². The molecule has 1 atom stereocenters. The second-order valence-electron chi connectivity index (χ2n) is 2.73. The van der Waals surface area contributed by atoms with Gasteiger partial charge in [-0.25, -0.2) is 4.39 Å². The average Bonchev–Trinajstić information content (AvgIpc) is 2.11. The molecule has 0 fully saturated rings. The van der Waals surface area contributed by atoms with Gasteiger partial charge in [0, 0.05) is 22.3 Å². The highest BCUT2D eigenvalue weighted by molar-refractivity contribution is 7.84. The van der Waals surface area contributed by atoms with Crippen LogP contribution in [0.1, 0.15) is 12.5 Å². The Bertz CT molecular complexity index is 327. The van der Waals surface area contributed by atoms with Crippen molar-refractivity contribution in [3.05, 3.63) is 29.6 Å². The van der Waals surface area contributed by atoms with E-state index in [0.29, 0.717) is 11.5 Å². The van der Waals surface area contributed by atoms with Crippen LogP contribution in [0.5, 0.6) is 0 Å². The molecule has 0 aliphatic heterocycles. The first-order valence-electron chi connectivity index (χ1n) is 4.02. The Morgan fingerprint density at radius 3 is 2.77 bits per heavy atom. The van der Waals surface area contributed by atoms with E-state index in [1.807, 2.05) is 6.92 Å². The number of rotatable bonds is 3. The van der Waals surface area contributed by atoms with Gasteiger partial charge in [-0.3, -0.25) is 4.21 Å². The molecule has 1 aromatic rings. The van der Waals surface area contributed by atoms with Crippen molar-refractivity contribution in [3.8, 4) is 0 Å². The van der Waals surface area contributed by atoms with Gasteiger partial charge in [-0.15, -0.1) is 0 Å². The van der Waals surface area contributed by atoms with Crippen LogP contribution < -0.4 is 5.73 Å². The monoisotopic (exact) mass is 201 g/mol. The lowest BCUT2D eigenvalue weighted by atomic mass is 10.2. The number of hydrogen-bond acceptors (Lipinski definition) is 2. The predicted molar refractivity (Wildman–Crippen MR) is 53.2 cm³/mol. The maximum absolute atomic E-state index is 12.9. The fourth-order valence-electron chi connectivity index (χ4n) is 0.948. The largest absolute Gasteiger partial charge is 0.396 e. The van der Waals surface area contributed by atoms with Gasteiger partial charge in [0.1, 0.15) is 5.82 Å². The van der Waals surface area contributed by atoms with E-state index in [2.05, 4.69) is 0 Å². The Labute approximate surface area is 79.4 Å². The van der Waals surface area contributed by atoms with Gasteiger partial charge in [0.25, 0.3) is 0 Å². The zero-order valence-corrected chi connectivity index (χ0v) is 8.23. The fourth-order valence-corrected chi connectivity index (χ4v) is 1.70. The van der Waals surface area contributed by atoms with E-state index in [0.717, 1.165) is 5.56 Å². The standard InChI is InChI=1S/C9H12FNOS/c1-2-13(12)6-7-3-4-9(11)8(10)5-7/h3-5H,2,6,11H2,1H3. The number of nitrogen functional groups attached to an aromatic ring is 1. The van der Waals surface area contributed by atoms with E-state index in [-0.39, 0.29) is 5.69 Å². The molecule has 4 heteroatoms. The molecule has 0 saturated carbocycles. The Kier molecular flexibility index (Phi) is 3.42. The highest BCUT2D eigenvalue weighted by Gasteiger charge is 2.02. The molecule has 0 heterocycles. The molecule has 0 saturated heterocycles. The molecule has 0 aliphatic rings. The molecule has 0 aliphatic carbocycles. The Balaban J connectivity index is 2.79. The van der Waals surface area contributed by atoms with E-state index < -0.39 is 16.6 Å². The van der Waals surface area contributed by atoms with Gasteiger partial charge in [0.15, 0.2) is 0 Å². The Morgan fingerprint density at radius 2 is 2.23 bits per heavy atom. The summed E-state index contributed by atoms with van der Waals surface area (Å²) in [7, 11) is -0.900. The number of nitrogens with two attached hydrogens (primary N) is 1. The van der Waals surface area contributed by atoms with Gasteiger partial charge in [-0.1, -0.05) is 13.0 Å². The third kappa shape index (κ3) is 2.81. The maximum atomic E-state index is 12.9. The van der Waals surface area contributed by atoms with Crippen molar-refractivity contribution in [3.63, 3.8) is 0 Å². The van der Waals surface area contributed by atoms with E-state index >= 15 is 0 Å². The summed E-state index contributed by atoms with van der Waals surface area (Å²) in [6.07, 6.45) is 0. The van der Waals surface area contributed by atoms with Gasteiger partial charge in [0.05, 0.1) is 5.69 Å². The lowest BCUT2D eigenvalue weighted by molar-refractivity contribution is 0.631. The first-order valence-corrected chi connectivity index (χ1v) is 5.51. The van der Waals surface area contributed by atoms with Gasteiger partial charge < -0.3 is 5.73 Å². The zero-order chi connectivity index (χ0) is 9.84. The van der Waals surface area contributed by atoms with Crippen LogP contribution in [0.3, 0.4) is 0 Å². The van der Waals surface area contributed by atoms with Crippen LogP contribution in [0, 0.1) is 5.82 Å². The average molecular weight is 201 g/mol. The SMILES string of the molecule is CCS(=O)Cc1ccc(N)c(F)c1. The van der Waals surface area contributed by atoms with Crippen LogP contribution >= 0.6 is 0 Å². The van der Waals surface area contributed by atoms with Crippen LogP contribution in [-0.4, -0.2) is 9.96 Å². The predicted octanol–water partition coefficient (Wildman–Crippen LogP) is 1.68. The molecule has 2 nitrogen and oxygen atoms in total. The second kappa shape index (κ2) is 4.37. The van der Waals surface area contributed by atoms with Crippen molar-refractivity contribution in [1.82, 2.24) is 0 Å². The van der Waals surface area contributed by atoms with E-state index in [1.165, 1.54) is 12.1 Å². The van der Waals surface area contributed by atoms with Crippen LogP contribution in [0.15, 0.2) is 18.2 Å². The molecule has 0 radical (unpaired) electrons. The van der Waals surface area contributed by atoms with Crippen molar-refractivity contribution < 1.29 is 8.60 Å². The van der Waals surface area contributed by atoms with Crippen LogP contribution in [-0.2, 0) is 16.6 Å². The maximum Gasteiger partial charge on any atom is 0.146 e. The summed E-state index contributed by atoms with van der Waals surface area (Å²) >= 11 is 0. The number of benzene rings is 1. The second-order valence-corrected chi connectivity index (χ2v) is 4.47. The molecule has 0 spiro atoms. The molecule has 13 heavy (non-hydrogen) atoms. The summed E-state index contributed by atoms with van der Waals surface area (Å²) in [5.41, 5.74) is 6.16.